The second kappa shape index (κ2) is 5.54. The van der Waals surface area contributed by atoms with Crippen molar-refractivity contribution in [2.75, 3.05) is 0 Å². The average molecular weight is 233 g/mol. The van der Waals surface area contributed by atoms with Gasteiger partial charge in [-0.15, -0.1) is 0 Å². The lowest BCUT2D eigenvalue weighted by Gasteiger charge is -2.18. The fourth-order valence-electron chi connectivity index (χ4n) is 2.66. The summed E-state index contributed by atoms with van der Waals surface area (Å²) in [6.07, 6.45) is 9.96. The lowest BCUT2D eigenvalue weighted by Crippen LogP contribution is -2.14. The second-order valence-electron chi connectivity index (χ2n) is 5.08. The number of hydrogen-bond acceptors (Lipinski definition) is 2. The molecule has 0 aliphatic heterocycles. The van der Waals surface area contributed by atoms with Crippen molar-refractivity contribution in [3.63, 3.8) is 0 Å². The molecule has 2 rings (SSSR count). The number of aryl methyl sites for hydroxylation is 2. The highest BCUT2D eigenvalue weighted by atomic mass is 16.3. The molecule has 0 saturated carbocycles. The van der Waals surface area contributed by atoms with Gasteiger partial charge in [-0.1, -0.05) is 24.5 Å². The molecule has 17 heavy (non-hydrogen) atoms. The van der Waals surface area contributed by atoms with E-state index in [-0.39, 0.29) is 6.04 Å². The van der Waals surface area contributed by atoms with E-state index in [9.17, 15) is 0 Å². The van der Waals surface area contributed by atoms with Crippen LogP contribution < -0.4 is 5.73 Å². The largest absolute Gasteiger partial charge is 0.466 e. The molecule has 0 aromatic carbocycles. The Morgan fingerprint density at radius 3 is 2.65 bits per heavy atom. The molecule has 1 atom stereocenters. The third-order valence-corrected chi connectivity index (χ3v) is 3.64. The van der Waals surface area contributed by atoms with E-state index in [1.807, 2.05) is 13.8 Å². The standard InChI is InChI=1S/C15H23NO/c1-11-10-14(12(2)17-11)15(16)13-8-6-4-3-5-7-9-13/h8,10,15H,3-7,9,16H2,1-2H3. The smallest absolute Gasteiger partial charge is 0.106 e. The summed E-state index contributed by atoms with van der Waals surface area (Å²) in [5, 5.41) is 0. The summed E-state index contributed by atoms with van der Waals surface area (Å²) in [6.45, 7) is 3.99. The van der Waals surface area contributed by atoms with Crippen LogP contribution in [0.1, 0.15) is 61.7 Å². The van der Waals surface area contributed by atoms with E-state index in [1.54, 1.807) is 0 Å². The molecule has 0 saturated heterocycles. The van der Waals surface area contributed by atoms with Crippen molar-refractivity contribution in [1.82, 2.24) is 0 Å². The van der Waals surface area contributed by atoms with Crippen LogP contribution in [0.3, 0.4) is 0 Å². The molecule has 1 aromatic heterocycles. The zero-order valence-electron chi connectivity index (χ0n) is 11.0. The van der Waals surface area contributed by atoms with Crippen LogP contribution in [0.15, 0.2) is 22.1 Å². The summed E-state index contributed by atoms with van der Waals surface area (Å²) in [6, 6.07) is 2.12. The van der Waals surface area contributed by atoms with Crippen LogP contribution in [-0.2, 0) is 0 Å². The monoisotopic (exact) mass is 233 g/mol. The molecule has 0 radical (unpaired) electrons. The molecule has 1 unspecified atom stereocenters. The van der Waals surface area contributed by atoms with Crippen LogP contribution in [0.2, 0.25) is 0 Å². The van der Waals surface area contributed by atoms with Crippen LogP contribution in [-0.4, -0.2) is 0 Å². The summed E-state index contributed by atoms with van der Waals surface area (Å²) in [5.41, 5.74) is 8.93. The van der Waals surface area contributed by atoms with Crippen molar-refractivity contribution in [2.24, 2.45) is 5.73 Å². The van der Waals surface area contributed by atoms with Gasteiger partial charge < -0.3 is 10.2 Å². The van der Waals surface area contributed by atoms with E-state index in [4.69, 9.17) is 10.2 Å². The van der Waals surface area contributed by atoms with Gasteiger partial charge in [0.25, 0.3) is 0 Å². The van der Waals surface area contributed by atoms with Crippen LogP contribution in [0.25, 0.3) is 0 Å². The Labute approximate surface area is 104 Å². The summed E-state index contributed by atoms with van der Waals surface area (Å²) in [5.74, 6) is 1.93. The summed E-state index contributed by atoms with van der Waals surface area (Å²) in [7, 11) is 0. The SMILES string of the molecule is Cc1cc(C(N)C2=CCCCCCC2)c(C)o1. The molecule has 2 N–H and O–H groups in total. The van der Waals surface area contributed by atoms with Crippen molar-refractivity contribution in [3.8, 4) is 0 Å². The maximum atomic E-state index is 6.38. The van der Waals surface area contributed by atoms with E-state index in [0.29, 0.717) is 0 Å². The molecule has 1 aliphatic rings. The van der Waals surface area contributed by atoms with E-state index in [1.165, 1.54) is 37.7 Å². The highest BCUT2D eigenvalue weighted by Crippen LogP contribution is 2.30. The Hall–Kier alpha value is -1.02. The molecule has 2 heteroatoms. The first-order valence-corrected chi connectivity index (χ1v) is 6.70. The molecule has 94 valence electrons. The van der Waals surface area contributed by atoms with Gasteiger partial charge in [-0.3, -0.25) is 0 Å². The summed E-state index contributed by atoms with van der Waals surface area (Å²) >= 11 is 0. The Balaban J connectivity index is 2.17. The average Bonchev–Trinajstić information content (AvgIpc) is 2.56. The van der Waals surface area contributed by atoms with E-state index < -0.39 is 0 Å². The molecular formula is C15H23NO. The highest BCUT2D eigenvalue weighted by Gasteiger charge is 2.17. The van der Waals surface area contributed by atoms with Crippen molar-refractivity contribution >= 4 is 0 Å². The van der Waals surface area contributed by atoms with Gasteiger partial charge in [0.2, 0.25) is 0 Å². The van der Waals surface area contributed by atoms with Crippen LogP contribution >= 0.6 is 0 Å². The van der Waals surface area contributed by atoms with Crippen molar-refractivity contribution in [1.29, 1.82) is 0 Å². The molecule has 0 amide bonds. The Bertz CT molecular complexity index is 403. The number of hydrogen-bond donors (Lipinski definition) is 1. The summed E-state index contributed by atoms with van der Waals surface area (Å²) in [4.78, 5) is 0. The minimum absolute atomic E-state index is 0.0329. The number of furan rings is 1. The number of rotatable bonds is 2. The third kappa shape index (κ3) is 3.01. The van der Waals surface area contributed by atoms with Crippen molar-refractivity contribution < 1.29 is 4.42 Å². The van der Waals surface area contributed by atoms with Gasteiger partial charge in [0.1, 0.15) is 11.5 Å². The van der Waals surface area contributed by atoms with Crippen LogP contribution in [0.4, 0.5) is 0 Å². The molecule has 0 spiro atoms. The first-order valence-electron chi connectivity index (χ1n) is 6.70. The highest BCUT2D eigenvalue weighted by molar-refractivity contribution is 5.31. The zero-order chi connectivity index (χ0) is 12.3. The lowest BCUT2D eigenvalue weighted by atomic mass is 9.91. The second-order valence-corrected chi connectivity index (χ2v) is 5.08. The molecule has 0 bridgehead atoms. The quantitative estimate of drug-likeness (QED) is 0.778. The maximum Gasteiger partial charge on any atom is 0.106 e. The summed E-state index contributed by atoms with van der Waals surface area (Å²) < 4.78 is 5.58. The van der Waals surface area contributed by atoms with Gasteiger partial charge in [0.05, 0.1) is 6.04 Å². The molecule has 0 fully saturated rings. The maximum absolute atomic E-state index is 6.38. The molecule has 2 nitrogen and oxygen atoms in total. The Morgan fingerprint density at radius 1 is 1.18 bits per heavy atom. The van der Waals surface area contributed by atoms with Crippen LogP contribution in [0.5, 0.6) is 0 Å². The first-order chi connectivity index (χ1) is 8.18. The number of nitrogens with two attached hydrogens (primary N) is 1. The Kier molecular flexibility index (Phi) is 4.06. The van der Waals surface area contributed by atoms with Crippen molar-refractivity contribution in [2.45, 2.75) is 58.4 Å². The fraction of sp³-hybridized carbons (Fsp3) is 0.600. The predicted octanol–water partition coefficient (Wildman–Crippen LogP) is 4.18. The van der Waals surface area contributed by atoms with Gasteiger partial charge in [0.15, 0.2) is 0 Å². The molecule has 1 aromatic rings. The Morgan fingerprint density at radius 2 is 1.94 bits per heavy atom. The first kappa shape index (κ1) is 12.4. The van der Waals surface area contributed by atoms with Gasteiger partial charge in [-0.2, -0.15) is 0 Å². The van der Waals surface area contributed by atoms with Crippen molar-refractivity contribution in [3.05, 3.63) is 34.8 Å². The minimum atomic E-state index is 0.0329. The topological polar surface area (TPSA) is 39.2 Å². The van der Waals surface area contributed by atoms with Gasteiger partial charge in [-0.05, 0) is 45.6 Å². The lowest BCUT2D eigenvalue weighted by molar-refractivity contribution is 0.498. The van der Waals surface area contributed by atoms with Gasteiger partial charge in [-0.25, -0.2) is 0 Å². The van der Waals surface area contributed by atoms with Crippen LogP contribution in [0, 0.1) is 13.8 Å². The molecular weight excluding hydrogens is 210 g/mol. The third-order valence-electron chi connectivity index (χ3n) is 3.64. The van der Waals surface area contributed by atoms with E-state index in [2.05, 4.69) is 12.1 Å². The molecule has 1 aliphatic carbocycles. The number of allylic oxidation sites excluding steroid dienone is 1. The van der Waals surface area contributed by atoms with E-state index in [0.717, 1.165) is 23.5 Å². The van der Waals surface area contributed by atoms with E-state index >= 15 is 0 Å². The molecule has 1 heterocycles. The zero-order valence-corrected chi connectivity index (χ0v) is 11.0. The van der Waals surface area contributed by atoms with Gasteiger partial charge >= 0.3 is 0 Å². The van der Waals surface area contributed by atoms with Gasteiger partial charge in [0, 0.05) is 5.56 Å². The fourth-order valence-corrected chi connectivity index (χ4v) is 2.66. The normalized spacial score (nSPS) is 19.4. The predicted molar refractivity (Wildman–Crippen MR) is 70.9 cm³/mol. The minimum Gasteiger partial charge on any atom is -0.466 e.